The Bertz CT molecular complexity index is 536. The van der Waals surface area contributed by atoms with Crippen LogP contribution >= 0.6 is 7.60 Å². The lowest BCUT2D eigenvalue weighted by Gasteiger charge is -2.20. The van der Waals surface area contributed by atoms with E-state index in [4.69, 9.17) is 18.5 Å². The van der Waals surface area contributed by atoms with Crippen molar-refractivity contribution in [1.82, 2.24) is 0 Å². The molecule has 1 aromatic rings. The third-order valence-corrected chi connectivity index (χ3v) is 4.75. The molecule has 0 aromatic heterocycles. The zero-order valence-corrected chi connectivity index (χ0v) is 14.2. The van der Waals surface area contributed by atoms with Gasteiger partial charge in [-0.05, 0) is 11.6 Å². The molecule has 0 amide bonds. The lowest BCUT2D eigenvalue weighted by atomic mass is 10.2. The van der Waals surface area contributed by atoms with Gasteiger partial charge in [-0.2, -0.15) is 0 Å². The number of hydrogen-bond acceptors (Lipinski definition) is 7. The SMILES string of the molecule is COC(=O)OC(/C=C/COCc1ccccc1)P(=O)(OC)OC. The molecule has 0 saturated heterocycles. The first-order chi connectivity index (χ1) is 11.1. The van der Waals surface area contributed by atoms with Crippen LogP contribution in [0.1, 0.15) is 5.56 Å². The van der Waals surface area contributed by atoms with E-state index in [0.717, 1.165) is 12.7 Å². The van der Waals surface area contributed by atoms with Gasteiger partial charge in [0.25, 0.3) is 0 Å². The highest BCUT2D eigenvalue weighted by Gasteiger charge is 2.35. The summed E-state index contributed by atoms with van der Waals surface area (Å²) in [4.78, 5) is 11.2. The molecular formula is C15H21O7P. The Labute approximate surface area is 135 Å². The zero-order valence-electron chi connectivity index (χ0n) is 13.3. The molecule has 128 valence electrons. The van der Waals surface area contributed by atoms with Crippen LogP contribution in [-0.4, -0.2) is 39.9 Å². The molecule has 1 atom stereocenters. The second kappa shape index (κ2) is 10.2. The van der Waals surface area contributed by atoms with Gasteiger partial charge in [0.15, 0.2) is 0 Å². The molecule has 0 fully saturated rings. The quantitative estimate of drug-likeness (QED) is 0.294. The normalized spacial score (nSPS) is 13.0. The first kappa shape index (κ1) is 19.4. The average Bonchev–Trinajstić information content (AvgIpc) is 2.60. The first-order valence-corrected chi connectivity index (χ1v) is 8.41. The van der Waals surface area contributed by atoms with Crippen molar-refractivity contribution < 1.29 is 32.6 Å². The molecule has 0 heterocycles. The summed E-state index contributed by atoms with van der Waals surface area (Å²) >= 11 is 0. The smallest absolute Gasteiger partial charge is 0.438 e. The van der Waals surface area contributed by atoms with Gasteiger partial charge in [0.2, 0.25) is 5.85 Å². The van der Waals surface area contributed by atoms with Crippen LogP contribution in [0, 0.1) is 0 Å². The molecule has 23 heavy (non-hydrogen) atoms. The summed E-state index contributed by atoms with van der Waals surface area (Å²) in [5.41, 5.74) is 1.03. The summed E-state index contributed by atoms with van der Waals surface area (Å²) in [5.74, 6) is -1.22. The van der Waals surface area contributed by atoms with Crippen LogP contribution in [0.3, 0.4) is 0 Å². The minimum atomic E-state index is -3.63. The number of ether oxygens (including phenoxy) is 3. The van der Waals surface area contributed by atoms with Crippen LogP contribution in [0.4, 0.5) is 4.79 Å². The molecule has 0 N–H and O–H groups in total. The monoisotopic (exact) mass is 344 g/mol. The second-order valence-corrected chi connectivity index (χ2v) is 6.62. The number of benzene rings is 1. The Morgan fingerprint density at radius 2 is 1.83 bits per heavy atom. The van der Waals surface area contributed by atoms with Gasteiger partial charge in [0.1, 0.15) is 0 Å². The van der Waals surface area contributed by atoms with Gasteiger partial charge < -0.3 is 23.3 Å². The van der Waals surface area contributed by atoms with Crippen molar-refractivity contribution in [3.05, 3.63) is 48.0 Å². The molecule has 1 unspecified atom stereocenters. The molecule has 7 nitrogen and oxygen atoms in total. The minimum absolute atomic E-state index is 0.239. The van der Waals surface area contributed by atoms with Gasteiger partial charge in [0.05, 0.1) is 20.3 Å². The lowest BCUT2D eigenvalue weighted by molar-refractivity contribution is 0.0622. The standard InChI is InChI=1S/C15H21O7P/c1-18-15(16)22-14(23(17,19-2)20-3)10-7-11-21-12-13-8-5-4-6-9-13/h4-10,14H,11-12H2,1-3H3/b10-7+. The third kappa shape index (κ3) is 6.54. The van der Waals surface area contributed by atoms with Crippen LogP contribution in [-0.2, 0) is 34.4 Å². The van der Waals surface area contributed by atoms with Crippen LogP contribution in [0.25, 0.3) is 0 Å². The molecule has 0 bridgehead atoms. The van der Waals surface area contributed by atoms with Crippen molar-refractivity contribution >= 4 is 13.8 Å². The molecule has 0 aliphatic heterocycles. The summed E-state index contributed by atoms with van der Waals surface area (Å²) in [7, 11) is -0.0690. The maximum atomic E-state index is 12.3. The van der Waals surface area contributed by atoms with Crippen molar-refractivity contribution in [2.24, 2.45) is 0 Å². The summed E-state index contributed by atoms with van der Waals surface area (Å²) in [6.07, 6.45) is 1.97. The maximum absolute atomic E-state index is 12.3. The van der Waals surface area contributed by atoms with E-state index in [-0.39, 0.29) is 6.61 Å². The van der Waals surface area contributed by atoms with E-state index >= 15 is 0 Å². The number of carbonyl (C=O) groups excluding carboxylic acids is 1. The summed E-state index contributed by atoms with van der Waals surface area (Å²) in [6, 6.07) is 9.64. The molecule has 0 aliphatic rings. The average molecular weight is 344 g/mol. The van der Waals surface area contributed by atoms with Crippen LogP contribution < -0.4 is 0 Å². The Balaban J connectivity index is 2.58. The number of rotatable bonds is 9. The largest absolute Gasteiger partial charge is 0.509 e. The molecule has 0 aliphatic carbocycles. The van der Waals surface area contributed by atoms with Gasteiger partial charge in [-0.15, -0.1) is 0 Å². The first-order valence-electron chi connectivity index (χ1n) is 6.80. The predicted octanol–water partition coefficient (Wildman–Crippen LogP) is 3.35. The van der Waals surface area contributed by atoms with E-state index in [1.165, 1.54) is 20.3 Å². The van der Waals surface area contributed by atoms with Crippen molar-refractivity contribution in [3.63, 3.8) is 0 Å². The molecular weight excluding hydrogens is 323 g/mol. The van der Waals surface area contributed by atoms with Gasteiger partial charge in [-0.3, -0.25) is 4.57 Å². The van der Waals surface area contributed by atoms with E-state index < -0.39 is 19.6 Å². The summed E-state index contributed by atoms with van der Waals surface area (Å²) in [6.45, 7) is 0.670. The fourth-order valence-corrected chi connectivity index (χ4v) is 2.74. The fourth-order valence-electron chi connectivity index (χ4n) is 1.63. The van der Waals surface area contributed by atoms with Crippen molar-refractivity contribution in [2.75, 3.05) is 27.9 Å². The Kier molecular flexibility index (Phi) is 8.58. The lowest BCUT2D eigenvalue weighted by Crippen LogP contribution is -2.18. The molecule has 8 heteroatoms. The summed E-state index contributed by atoms with van der Waals surface area (Å²) in [5, 5.41) is 0. The van der Waals surface area contributed by atoms with E-state index in [1.807, 2.05) is 30.3 Å². The molecule has 1 rings (SSSR count). The molecule has 0 radical (unpaired) electrons. The van der Waals surface area contributed by atoms with E-state index in [0.29, 0.717) is 6.61 Å². The van der Waals surface area contributed by atoms with Gasteiger partial charge >= 0.3 is 13.8 Å². The highest BCUT2D eigenvalue weighted by molar-refractivity contribution is 7.54. The maximum Gasteiger partial charge on any atom is 0.509 e. The van der Waals surface area contributed by atoms with E-state index in [9.17, 15) is 9.36 Å². The van der Waals surface area contributed by atoms with Gasteiger partial charge in [-0.1, -0.05) is 36.4 Å². The Morgan fingerprint density at radius 1 is 1.17 bits per heavy atom. The second-order valence-electron chi connectivity index (χ2n) is 4.30. The van der Waals surface area contributed by atoms with Crippen molar-refractivity contribution in [1.29, 1.82) is 0 Å². The molecule has 0 spiro atoms. The van der Waals surface area contributed by atoms with Crippen LogP contribution in [0.5, 0.6) is 0 Å². The Hall–Kier alpha value is -1.66. The third-order valence-electron chi connectivity index (χ3n) is 2.83. The van der Waals surface area contributed by atoms with Crippen LogP contribution in [0.2, 0.25) is 0 Å². The van der Waals surface area contributed by atoms with E-state index in [2.05, 4.69) is 4.74 Å². The number of methoxy groups -OCH3 is 1. The highest BCUT2D eigenvalue weighted by atomic mass is 31.2. The van der Waals surface area contributed by atoms with Crippen molar-refractivity contribution in [3.8, 4) is 0 Å². The van der Waals surface area contributed by atoms with Gasteiger partial charge in [-0.25, -0.2) is 4.79 Å². The highest BCUT2D eigenvalue weighted by Crippen LogP contribution is 2.52. The topological polar surface area (TPSA) is 80.3 Å². The number of carbonyl (C=O) groups is 1. The number of hydrogen-bond donors (Lipinski definition) is 0. The molecule has 1 aromatic carbocycles. The summed E-state index contributed by atoms with van der Waals surface area (Å²) < 4.78 is 36.7. The zero-order chi connectivity index (χ0) is 17.1. The predicted molar refractivity (Wildman–Crippen MR) is 84.1 cm³/mol. The minimum Gasteiger partial charge on any atom is -0.438 e. The van der Waals surface area contributed by atoms with Gasteiger partial charge in [0, 0.05) is 14.2 Å². The molecule has 0 saturated carbocycles. The fraction of sp³-hybridized carbons (Fsp3) is 0.400. The van der Waals surface area contributed by atoms with Crippen LogP contribution in [0.15, 0.2) is 42.5 Å². The van der Waals surface area contributed by atoms with Crippen molar-refractivity contribution in [2.45, 2.75) is 12.5 Å². The van der Waals surface area contributed by atoms with E-state index in [1.54, 1.807) is 6.08 Å². The Morgan fingerprint density at radius 3 is 2.39 bits per heavy atom.